The molecule has 2 bridgehead atoms. The molecule has 0 radical (unpaired) electrons. The van der Waals surface area contributed by atoms with Crippen molar-refractivity contribution in [1.29, 1.82) is 0 Å². The Hall–Kier alpha value is -2.48. The second kappa shape index (κ2) is 12.6. The van der Waals surface area contributed by atoms with Gasteiger partial charge in [-0.25, -0.2) is 18.2 Å². The molecule has 1 aromatic rings. The number of piperidine rings is 1. The number of aromatic nitrogens is 1. The fourth-order valence-electron chi connectivity index (χ4n) is 5.47. The molecule has 38 heavy (non-hydrogen) atoms. The molecule has 3 aliphatic rings. The summed E-state index contributed by atoms with van der Waals surface area (Å²) in [6.45, 7) is 7.05. The summed E-state index contributed by atoms with van der Waals surface area (Å²) in [5.74, 6) is -0.327. The number of ether oxygens (including phenoxy) is 4. The SMILES string of the molecule is CCOC(=O)[C@@H]1[C@@H]2CC[C@H](CN1S(=O)(=O)c1ccc(OC3CCN(CC)CC3)nc1)N2C(=O)OCCOC. The molecule has 0 spiro atoms. The van der Waals surface area contributed by atoms with Gasteiger partial charge in [-0.05, 0) is 45.2 Å². The quantitative estimate of drug-likeness (QED) is 0.310. The van der Waals surface area contributed by atoms with E-state index in [9.17, 15) is 18.0 Å². The first-order valence-corrected chi connectivity index (χ1v) is 14.7. The van der Waals surface area contributed by atoms with Crippen LogP contribution in [0, 0.1) is 0 Å². The summed E-state index contributed by atoms with van der Waals surface area (Å²) in [6, 6.07) is 0.709. The lowest BCUT2D eigenvalue weighted by molar-refractivity contribution is -0.151. The molecule has 0 aliphatic carbocycles. The molecule has 0 aromatic carbocycles. The van der Waals surface area contributed by atoms with Crippen molar-refractivity contribution in [3.63, 3.8) is 0 Å². The zero-order chi connectivity index (χ0) is 27.3. The van der Waals surface area contributed by atoms with Gasteiger partial charge in [-0.15, -0.1) is 0 Å². The molecule has 4 rings (SSSR count). The highest BCUT2D eigenvalue weighted by Gasteiger charge is 2.55. The molecule has 3 saturated heterocycles. The van der Waals surface area contributed by atoms with Crippen molar-refractivity contribution < 1.29 is 37.0 Å². The average Bonchev–Trinajstić information content (AvgIpc) is 3.22. The Bertz CT molecular complexity index is 1060. The normalized spacial score (nSPS) is 24.8. The summed E-state index contributed by atoms with van der Waals surface area (Å²) < 4.78 is 50.2. The monoisotopic (exact) mass is 554 g/mol. The molecular weight excluding hydrogens is 516 g/mol. The molecule has 0 saturated carbocycles. The van der Waals surface area contributed by atoms with Gasteiger partial charge in [0.2, 0.25) is 15.9 Å². The third kappa shape index (κ3) is 6.05. The van der Waals surface area contributed by atoms with E-state index < -0.39 is 40.2 Å². The minimum atomic E-state index is -4.12. The molecule has 212 valence electrons. The number of carbonyl (C=O) groups excluding carboxylic acids is 2. The summed E-state index contributed by atoms with van der Waals surface area (Å²) in [4.78, 5) is 33.9. The third-order valence-electron chi connectivity index (χ3n) is 7.45. The van der Waals surface area contributed by atoms with Crippen molar-refractivity contribution in [1.82, 2.24) is 19.1 Å². The maximum absolute atomic E-state index is 13.8. The number of rotatable bonds is 10. The maximum atomic E-state index is 13.8. The van der Waals surface area contributed by atoms with E-state index in [1.165, 1.54) is 24.3 Å². The van der Waals surface area contributed by atoms with E-state index in [0.29, 0.717) is 18.7 Å². The Morgan fingerprint density at radius 2 is 1.82 bits per heavy atom. The Labute approximate surface area is 224 Å². The lowest BCUT2D eigenvalue weighted by Crippen LogP contribution is -2.65. The van der Waals surface area contributed by atoms with E-state index in [0.717, 1.165) is 36.8 Å². The molecule has 1 aromatic heterocycles. The number of nitrogens with zero attached hydrogens (tertiary/aromatic N) is 4. The molecule has 3 fully saturated rings. The zero-order valence-electron chi connectivity index (χ0n) is 22.3. The van der Waals surface area contributed by atoms with E-state index in [-0.39, 0.29) is 37.4 Å². The van der Waals surface area contributed by atoms with Crippen molar-refractivity contribution in [2.75, 3.05) is 53.1 Å². The summed E-state index contributed by atoms with van der Waals surface area (Å²) in [7, 11) is -2.62. The van der Waals surface area contributed by atoms with Crippen LogP contribution < -0.4 is 4.74 Å². The van der Waals surface area contributed by atoms with Gasteiger partial charge in [0.25, 0.3) is 0 Å². The molecule has 13 heteroatoms. The molecule has 0 unspecified atom stereocenters. The predicted octanol–water partition coefficient (Wildman–Crippen LogP) is 1.50. The fourth-order valence-corrected chi connectivity index (χ4v) is 7.06. The topological polar surface area (TPSA) is 128 Å². The van der Waals surface area contributed by atoms with Gasteiger partial charge in [0.15, 0.2) is 0 Å². The number of methoxy groups -OCH3 is 1. The number of amides is 1. The molecule has 12 nitrogen and oxygen atoms in total. The van der Waals surface area contributed by atoms with Crippen molar-refractivity contribution in [3.8, 4) is 5.88 Å². The molecule has 3 aliphatic heterocycles. The number of likely N-dealkylation sites (tertiary alicyclic amines) is 1. The molecule has 4 heterocycles. The van der Waals surface area contributed by atoms with E-state index in [4.69, 9.17) is 18.9 Å². The minimum absolute atomic E-state index is 0.0355. The van der Waals surface area contributed by atoms with E-state index in [1.54, 1.807) is 13.0 Å². The van der Waals surface area contributed by atoms with Gasteiger partial charge in [0.1, 0.15) is 23.6 Å². The van der Waals surface area contributed by atoms with Gasteiger partial charge in [0.05, 0.1) is 25.5 Å². The zero-order valence-corrected chi connectivity index (χ0v) is 23.1. The summed E-state index contributed by atoms with van der Waals surface area (Å²) in [5.41, 5.74) is 0. The van der Waals surface area contributed by atoms with Crippen LogP contribution in [-0.4, -0.2) is 117 Å². The first kappa shape index (κ1) is 28.5. The van der Waals surface area contributed by atoms with Crippen LogP contribution in [0.25, 0.3) is 0 Å². The van der Waals surface area contributed by atoms with Gasteiger partial charge in [0, 0.05) is 38.9 Å². The standard InChI is InChI=1S/C25H38N4O8S/c1-4-27-12-10-19(11-13-27)37-22-9-7-20(16-26-22)38(32,33)28-17-18-6-8-21(23(28)24(30)35-5-2)29(18)25(31)36-15-14-34-3/h7,9,16,18-19,21,23H,4-6,8,10-15,17H2,1-3H3/t18-,21+,23+/m1/s1. The highest BCUT2D eigenvalue weighted by atomic mass is 32.2. The van der Waals surface area contributed by atoms with Crippen LogP contribution in [0.5, 0.6) is 5.88 Å². The second-order valence-electron chi connectivity index (χ2n) is 9.67. The van der Waals surface area contributed by atoms with Crippen LogP contribution in [0.15, 0.2) is 23.2 Å². The molecule has 3 atom stereocenters. The van der Waals surface area contributed by atoms with Gasteiger partial charge >= 0.3 is 12.1 Å². The van der Waals surface area contributed by atoms with Crippen molar-refractivity contribution in [3.05, 3.63) is 18.3 Å². The van der Waals surface area contributed by atoms with Gasteiger partial charge < -0.3 is 23.8 Å². The van der Waals surface area contributed by atoms with Crippen LogP contribution in [0.2, 0.25) is 0 Å². The lowest BCUT2D eigenvalue weighted by Gasteiger charge is -2.43. The number of piperazine rings is 1. The van der Waals surface area contributed by atoms with E-state index >= 15 is 0 Å². The van der Waals surface area contributed by atoms with Crippen LogP contribution >= 0.6 is 0 Å². The number of carbonyl (C=O) groups is 2. The van der Waals surface area contributed by atoms with Crippen LogP contribution in [0.3, 0.4) is 0 Å². The van der Waals surface area contributed by atoms with Gasteiger partial charge in [-0.1, -0.05) is 6.92 Å². The number of hydrogen-bond acceptors (Lipinski definition) is 10. The lowest BCUT2D eigenvalue weighted by atomic mass is 10.1. The van der Waals surface area contributed by atoms with Crippen LogP contribution in [0.4, 0.5) is 4.79 Å². The first-order chi connectivity index (χ1) is 18.3. The molecule has 0 N–H and O–H groups in total. The van der Waals surface area contributed by atoms with Crippen LogP contribution in [0.1, 0.15) is 39.5 Å². The third-order valence-corrected chi connectivity index (χ3v) is 9.28. The number of hydrogen-bond donors (Lipinski definition) is 0. The second-order valence-corrected chi connectivity index (χ2v) is 11.6. The summed E-state index contributed by atoms with van der Waals surface area (Å²) in [6.07, 6.45) is 3.49. The Balaban J connectivity index is 1.51. The number of fused-ring (bicyclic) bond motifs is 2. The fraction of sp³-hybridized carbons (Fsp3) is 0.720. The van der Waals surface area contributed by atoms with Crippen molar-refractivity contribution in [2.45, 2.75) is 68.7 Å². The average molecular weight is 555 g/mol. The Kier molecular flexibility index (Phi) is 9.45. The number of esters is 1. The van der Waals surface area contributed by atoms with Crippen molar-refractivity contribution >= 4 is 22.1 Å². The Morgan fingerprint density at radius 3 is 2.45 bits per heavy atom. The minimum Gasteiger partial charge on any atom is -0.474 e. The summed E-state index contributed by atoms with van der Waals surface area (Å²) in [5, 5.41) is 0. The Morgan fingerprint density at radius 1 is 1.05 bits per heavy atom. The highest BCUT2D eigenvalue weighted by molar-refractivity contribution is 7.89. The van der Waals surface area contributed by atoms with E-state index in [2.05, 4.69) is 16.8 Å². The highest BCUT2D eigenvalue weighted by Crippen LogP contribution is 2.38. The first-order valence-electron chi connectivity index (χ1n) is 13.3. The van der Waals surface area contributed by atoms with Crippen LogP contribution in [-0.2, 0) is 29.0 Å². The van der Waals surface area contributed by atoms with Crippen molar-refractivity contribution in [2.24, 2.45) is 0 Å². The van der Waals surface area contributed by atoms with Gasteiger partial charge in [-0.3, -0.25) is 9.69 Å². The number of pyridine rings is 1. The number of sulfonamides is 1. The predicted molar refractivity (Wildman–Crippen MR) is 136 cm³/mol. The molecular formula is C25H38N4O8S. The smallest absolute Gasteiger partial charge is 0.410 e. The largest absolute Gasteiger partial charge is 0.474 e. The summed E-state index contributed by atoms with van der Waals surface area (Å²) >= 11 is 0. The maximum Gasteiger partial charge on any atom is 0.410 e. The molecule has 1 amide bonds. The van der Waals surface area contributed by atoms with E-state index in [1.807, 2.05) is 0 Å². The van der Waals surface area contributed by atoms with Gasteiger partial charge in [-0.2, -0.15) is 4.31 Å².